The second kappa shape index (κ2) is 7.30. The summed E-state index contributed by atoms with van der Waals surface area (Å²) >= 11 is 0. The van der Waals surface area contributed by atoms with Crippen LogP contribution in [0.5, 0.6) is 0 Å². The number of halogens is 4. The molecule has 0 unspecified atom stereocenters. The Morgan fingerprint density at radius 2 is 2.04 bits per heavy atom. The Labute approximate surface area is 153 Å². The van der Waals surface area contributed by atoms with Gasteiger partial charge in [0.1, 0.15) is 5.82 Å². The Hall–Kier alpha value is -2.42. The zero-order valence-corrected chi connectivity index (χ0v) is 14.6. The lowest BCUT2D eigenvalue weighted by Crippen LogP contribution is -2.44. The number of hydrogen-bond donors (Lipinski definition) is 1. The van der Waals surface area contributed by atoms with Crippen LogP contribution in [0.3, 0.4) is 0 Å². The van der Waals surface area contributed by atoms with E-state index in [0.717, 1.165) is 10.9 Å². The fourth-order valence-electron chi connectivity index (χ4n) is 3.36. The molecule has 27 heavy (non-hydrogen) atoms. The summed E-state index contributed by atoms with van der Waals surface area (Å²) in [5, 5.41) is 5.93. The summed E-state index contributed by atoms with van der Waals surface area (Å²) in [7, 11) is 1.32. The summed E-state index contributed by atoms with van der Waals surface area (Å²) in [5.74, 6) is -1.27. The number of carbonyl (C=O) groups excluding carboxylic acids is 1. The largest absolute Gasteiger partial charge is 0.435 e. The van der Waals surface area contributed by atoms with Crippen molar-refractivity contribution in [2.75, 3.05) is 19.8 Å². The molecule has 9 heteroatoms. The first-order valence-corrected chi connectivity index (χ1v) is 8.44. The molecule has 0 bridgehead atoms. The molecule has 1 aromatic carbocycles. The predicted molar refractivity (Wildman–Crippen MR) is 88.7 cm³/mol. The maximum atomic E-state index is 13.7. The third-order valence-electron chi connectivity index (χ3n) is 4.82. The van der Waals surface area contributed by atoms with Crippen LogP contribution in [0.4, 0.5) is 17.6 Å². The molecule has 0 radical (unpaired) electrons. The minimum atomic E-state index is -4.73. The number of aryl methyl sites for hydroxylation is 1. The fourth-order valence-corrected chi connectivity index (χ4v) is 3.36. The molecule has 0 spiro atoms. The third-order valence-corrected chi connectivity index (χ3v) is 4.82. The highest BCUT2D eigenvalue weighted by molar-refractivity contribution is 5.95. The molecule has 1 aliphatic heterocycles. The molecule has 1 fully saturated rings. The van der Waals surface area contributed by atoms with Gasteiger partial charge < -0.3 is 10.1 Å². The zero-order chi connectivity index (χ0) is 19.7. The van der Waals surface area contributed by atoms with Crippen LogP contribution in [0.15, 0.2) is 30.5 Å². The van der Waals surface area contributed by atoms with Crippen molar-refractivity contribution < 1.29 is 27.1 Å². The number of hydrogen-bond acceptors (Lipinski definition) is 3. The van der Waals surface area contributed by atoms with E-state index < -0.39 is 34.6 Å². The number of alkyl halides is 3. The van der Waals surface area contributed by atoms with Gasteiger partial charge in [-0.1, -0.05) is 12.1 Å². The van der Waals surface area contributed by atoms with E-state index in [1.807, 2.05) is 0 Å². The van der Waals surface area contributed by atoms with Crippen molar-refractivity contribution in [3.8, 4) is 0 Å². The van der Waals surface area contributed by atoms with Crippen molar-refractivity contribution in [3.63, 3.8) is 0 Å². The first-order chi connectivity index (χ1) is 12.7. The fraction of sp³-hybridized carbons (Fsp3) is 0.444. The SMILES string of the molecule is Cn1cc(C(=O)NCC2(c3cccc(F)c3)CCOCC2)c(C(F)(F)F)n1. The summed E-state index contributed by atoms with van der Waals surface area (Å²) in [5.41, 5.74) is -1.68. The van der Waals surface area contributed by atoms with Gasteiger partial charge in [-0.05, 0) is 30.5 Å². The van der Waals surface area contributed by atoms with Crippen molar-refractivity contribution in [1.82, 2.24) is 15.1 Å². The van der Waals surface area contributed by atoms with Gasteiger partial charge in [-0.15, -0.1) is 0 Å². The van der Waals surface area contributed by atoms with Crippen molar-refractivity contribution in [1.29, 1.82) is 0 Å². The number of aromatic nitrogens is 2. The molecular weight excluding hydrogens is 366 g/mol. The summed E-state index contributed by atoms with van der Waals surface area (Å²) < 4.78 is 59.3. The van der Waals surface area contributed by atoms with E-state index in [4.69, 9.17) is 4.74 Å². The molecule has 1 amide bonds. The minimum Gasteiger partial charge on any atom is -0.381 e. The third kappa shape index (κ3) is 4.13. The van der Waals surface area contributed by atoms with Crippen LogP contribution in [-0.2, 0) is 23.4 Å². The van der Waals surface area contributed by atoms with Gasteiger partial charge in [-0.25, -0.2) is 4.39 Å². The number of amides is 1. The van der Waals surface area contributed by atoms with E-state index in [1.165, 1.54) is 19.2 Å². The molecule has 0 aliphatic carbocycles. The molecule has 3 rings (SSSR count). The molecule has 2 heterocycles. The highest BCUT2D eigenvalue weighted by Gasteiger charge is 2.40. The number of carbonyl (C=O) groups is 1. The van der Waals surface area contributed by atoms with E-state index in [0.29, 0.717) is 31.6 Å². The smallest absolute Gasteiger partial charge is 0.381 e. The molecule has 0 atom stereocenters. The Kier molecular flexibility index (Phi) is 5.23. The first-order valence-electron chi connectivity index (χ1n) is 8.44. The molecule has 1 aliphatic rings. The number of nitrogens with one attached hydrogen (secondary N) is 1. The van der Waals surface area contributed by atoms with Crippen LogP contribution in [0.25, 0.3) is 0 Å². The molecule has 2 aromatic rings. The van der Waals surface area contributed by atoms with Gasteiger partial charge in [-0.2, -0.15) is 18.3 Å². The Morgan fingerprint density at radius 3 is 2.67 bits per heavy atom. The Morgan fingerprint density at radius 1 is 1.33 bits per heavy atom. The lowest BCUT2D eigenvalue weighted by molar-refractivity contribution is -0.141. The number of ether oxygens (including phenoxy) is 1. The standard InChI is InChI=1S/C18H19F4N3O2/c1-25-10-14(15(24-25)18(20,21)22)16(26)23-11-17(5-7-27-8-6-17)12-3-2-4-13(19)9-12/h2-4,9-10H,5-8,11H2,1H3,(H,23,26). The number of rotatable bonds is 4. The van der Waals surface area contributed by atoms with Crippen molar-refractivity contribution in [3.05, 3.63) is 53.1 Å². The average molecular weight is 385 g/mol. The predicted octanol–water partition coefficient (Wildman–Crippen LogP) is 3.06. The summed E-state index contributed by atoms with van der Waals surface area (Å²) in [6.45, 7) is 0.922. The average Bonchev–Trinajstić information content (AvgIpc) is 3.03. The normalized spacial score (nSPS) is 16.9. The van der Waals surface area contributed by atoms with Gasteiger partial charge in [0.05, 0.1) is 5.56 Å². The van der Waals surface area contributed by atoms with Crippen LogP contribution in [0.1, 0.15) is 34.5 Å². The van der Waals surface area contributed by atoms with Crippen molar-refractivity contribution in [2.24, 2.45) is 7.05 Å². The Balaban J connectivity index is 1.84. The maximum absolute atomic E-state index is 13.7. The molecule has 1 aromatic heterocycles. The molecule has 1 saturated heterocycles. The maximum Gasteiger partial charge on any atom is 0.435 e. The number of benzene rings is 1. The van der Waals surface area contributed by atoms with Crippen LogP contribution >= 0.6 is 0 Å². The first kappa shape index (κ1) is 19.3. The van der Waals surface area contributed by atoms with Crippen LogP contribution in [0.2, 0.25) is 0 Å². The van der Waals surface area contributed by atoms with Gasteiger partial charge in [0.15, 0.2) is 5.69 Å². The highest BCUT2D eigenvalue weighted by atomic mass is 19.4. The van der Waals surface area contributed by atoms with Gasteiger partial charge in [-0.3, -0.25) is 9.48 Å². The summed E-state index contributed by atoms with van der Waals surface area (Å²) in [4.78, 5) is 12.4. The van der Waals surface area contributed by atoms with E-state index in [-0.39, 0.29) is 6.54 Å². The van der Waals surface area contributed by atoms with Gasteiger partial charge in [0.25, 0.3) is 5.91 Å². The minimum absolute atomic E-state index is 0.0742. The Bertz CT molecular complexity index is 826. The van der Waals surface area contributed by atoms with Gasteiger partial charge in [0, 0.05) is 38.4 Å². The quantitative estimate of drug-likeness (QED) is 0.823. The van der Waals surface area contributed by atoms with Crippen LogP contribution in [-0.4, -0.2) is 35.4 Å². The molecule has 1 N–H and O–H groups in total. The van der Waals surface area contributed by atoms with E-state index >= 15 is 0 Å². The van der Waals surface area contributed by atoms with Crippen LogP contribution in [0, 0.1) is 5.82 Å². The van der Waals surface area contributed by atoms with Gasteiger partial charge >= 0.3 is 6.18 Å². The molecule has 5 nitrogen and oxygen atoms in total. The summed E-state index contributed by atoms with van der Waals surface area (Å²) in [6, 6.07) is 6.04. The van der Waals surface area contributed by atoms with E-state index in [2.05, 4.69) is 10.4 Å². The molecular formula is C18H19F4N3O2. The number of nitrogens with zero attached hydrogens (tertiary/aromatic N) is 2. The monoisotopic (exact) mass is 385 g/mol. The second-order valence-electron chi connectivity index (χ2n) is 6.65. The molecule has 146 valence electrons. The van der Waals surface area contributed by atoms with E-state index in [9.17, 15) is 22.4 Å². The van der Waals surface area contributed by atoms with Crippen molar-refractivity contribution in [2.45, 2.75) is 24.4 Å². The zero-order valence-electron chi connectivity index (χ0n) is 14.6. The van der Waals surface area contributed by atoms with Gasteiger partial charge in [0.2, 0.25) is 0 Å². The highest BCUT2D eigenvalue weighted by Crippen LogP contribution is 2.35. The lowest BCUT2D eigenvalue weighted by Gasteiger charge is -2.38. The second-order valence-corrected chi connectivity index (χ2v) is 6.65. The van der Waals surface area contributed by atoms with Crippen LogP contribution < -0.4 is 5.32 Å². The molecule has 0 saturated carbocycles. The van der Waals surface area contributed by atoms with E-state index in [1.54, 1.807) is 12.1 Å². The summed E-state index contributed by atoms with van der Waals surface area (Å²) in [6.07, 6.45) is -2.64. The van der Waals surface area contributed by atoms with Crippen molar-refractivity contribution >= 4 is 5.91 Å². The lowest BCUT2D eigenvalue weighted by atomic mass is 9.74. The topological polar surface area (TPSA) is 56.2 Å².